The van der Waals surface area contributed by atoms with Crippen molar-refractivity contribution in [3.8, 4) is 0 Å². The van der Waals surface area contributed by atoms with E-state index in [-0.39, 0.29) is 12.1 Å². The highest BCUT2D eigenvalue weighted by molar-refractivity contribution is 5.38. The van der Waals surface area contributed by atoms with Gasteiger partial charge in [-0.3, -0.25) is 0 Å². The summed E-state index contributed by atoms with van der Waals surface area (Å²) >= 11 is 0. The van der Waals surface area contributed by atoms with Crippen LogP contribution in [0.3, 0.4) is 0 Å². The second-order valence-electron chi connectivity index (χ2n) is 8.11. The van der Waals surface area contributed by atoms with Gasteiger partial charge in [-0.05, 0) is 67.1 Å². The molecular weight excluding hydrogens is 282 g/mol. The van der Waals surface area contributed by atoms with Crippen molar-refractivity contribution in [3.05, 3.63) is 34.9 Å². The van der Waals surface area contributed by atoms with Crippen LogP contribution in [0.25, 0.3) is 0 Å². The van der Waals surface area contributed by atoms with E-state index in [0.29, 0.717) is 5.92 Å². The number of hydrogen-bond acceptors (Lipinski definition) is 2. The van der Waals surface area contributed by atoms with Gasteiger partial charge in [-0.25, -0.2) is 0 Å². The number of fused-ring (bicyclic) bond motifs is 1. The first-order chi connectivity index (χ1) is 11.1. The van der Waals surface area contributed by atoms with Gasteiger partial charge in [0.25, 0.3) is 0 Å². The summed E-state index contributed by atoms with van der Waals surface area (Å²) < 4.78 is 0. The fourth-order valence-electron chi connectivity index (χ4n) is 4.63. The maximum absolute atomic E-state index is 9.48. The minimum absolute atomic E-state index is 0.119. The molecule has 2 aliphatic rings. The van der Waals surface area contributed by atoms with Crippen molar-refractivity contribution in [2.45, 2.75) is 82.6 Å². The maximum Gasteiger partial charge on any atom is 0.0611 e. The Hall–Kier alpha value is -0.860. The molecule has 0 aromatic heterocycles. The van der Waals surface area contributed by atoms with Crippen LogP contribution in [0.1, 0.15) is 80.9 Å². The van der Waals surface area contributed by atoms with E-state index >= 15 is 0 Å². The van der Waals surface area contributed by atoms with Gasteiger partial charge in [0.15, 0.2) is 0 Å². The summed E-state index contributed by atoms with van der Waals surface area (Å²) in [6, 6.07) is 7.15. The van der Waals surface area contributed by atoms with E-state index in [2.05, 4.69) is 25.1 Å². The summed E-state index contributed by atoms with van der Waals surface area (Å²) in [6.07, 6.45) is 12.5. The average molecular weight is 316 g/mol. The van der Waals surface area contributed by atoms with E-state index in [1.165, 1.54) is 50.5 Å². The quantitative estimate of drug-likeness (QED) is 0.736. The van der Waals surface area contributed by atoms with Crippen LogP contribution in [0.5, 0.6) is 0 Å². The van der Waals surface area contributed by atoms with Gasteiger partial charge in [-0.15, -0.1) is 0 Å². The standard InChI is InChI=1S/C21H33NO/c1-2-3-4-5-6-16-11-17-7-8-18(13-20(17)12-16)19-9-10-21(22,14-19)15-23/h7-8,13,16,19,23H,2-6,9-12,14-15,22H2,1H3/t16?,19-,21+/m0/s1. The Balaban J connectivity index is 1.58. The Morgan fingerprint density at radius 3 is 2.74 bits per heavy atom. The molecule has 0 aliphatic heterocycles. The second-order valence-corrected chi connectivity index (χ2v) is 8.11. The Labute approximate surface area is 141 Å². The summed E-state index contributed by atoms with van der Waals surface area (Å²) in [6.45, 7) is 2.40. The van der Waals surface area contributed by atoms with Crippen molar-refractivity contribution in [2.75, 3.05) is 6.61 Å². The molecule has 23 heavy (non-hydrogen) atoms. The molecular formula is C21H33NO. The van der Waals surface area contributed by atoms with Crippen LogP contribution in [0.15, 0.2) is 18.2 Å². The van der Waals surface area contributed by atoms with Crippen molar-refractivity contribution >= 4 is 0 Å². The zero-order chi connectivity index (χ0) is 16.3. The van der Waals surface area contributed by atoms with Crippen molar-refractivity contribution < 1.29 is 5.11 Å². The van der Waals surface area contributed by atoms with Gasteiger partial charge in [0, 0.05) is 5.54 Å². The number of unbranched alkanes of at least 4 members (excludes halogenated alkanes) is 3. The molecule has 0 bridgehead atoms. The largest absolute Gasteiger partial charge is 0.394 e. The molecule has 0 saturated heterocycles. The summed E-state index contributed by atoms with van der Waals surface area (Å²) in [7, 11) is 0. The molecule has 1 saturated carbocycles. The lowest BCUT2D eigenvalue weighted by Crippen LogP contribution is -2.40. The lowest BCUT2D eigenvalue weighted by atomic mass is 9.92. The van der Waals surface area contributed by atoms with E-state index < -0.39 is 0 Å². The molecule has 0 heterocycles. The third-order valence-corrected chi connectivity index (χ3v) is 6.14. The summed E-state index contributed by atoms with van der Waals surface area (Å²) in [4.78, 5) is 0. The van der Waals surface area contributed by atoms with E-state index in [4.69, 9.17) is 5.73 Å². The molecule has 3 rings (SSSR count). The normalized spacial score (nSPS) is 29.9. The predicted octanol–water partition coefficient (Wildman–Crippen LogP) is 4.33. The van der Waals surface area contributed by atoms with Crippen molar-refractivity contribution in [1.82, 2.24) is 0 Å². The summed E-state index contributed by atoms with van der Waals surface area (Å²) in [5.74, 6) is 1.41. The first-order valence-corrected chi connectivity index (χ1v) is 9.65. The third-order valence-electron chi connectivity index (χ3n) is 6.14. The lowest BCUT2D eigenvalue weighted by molar-refractivity contribution is 0.198. The molecule has 3 atom stereocenters. The highest BCUT2D eigenvalue weighted by Crippen LogP contribution is 2.41. The van der Waals surface area contributed by atoms with E-state index in [1.54, 1.807) is 11.1 Å². The van der Waals surface area contributed by atoms with Crippen LogP contribution >= 0.6 is 0 Å². The van der Waals surface area contributed by atoms with E-state index in [0.717, 1.165) is 25.2 Å². The number of aliphatic hydroxyl groups excluding tert-OH is 1. The molecule has 128 valence electrons. The first kappa shape index (κ1) is 17.0. The average Bonchev–Trinajstić information content (AvgIpc) is 3.15. The summed E-state index contributed by atoms with van der Waals surface area (Å²) in [5, 5.41) is 9.48. The van der Waals surface area contributed by atoms with Crippen molar-refractivity contribution in [1.29, 1.82) is 0 Å². The fourth-order valence-corrected chi connectivity index (χ4v) is 4.63. The molecule has 2 heteroatoms. The number of nitrogens with two attached hydrogens (primary N) is 1. The van der Waals surface area contributed by atoms with Gasteiger partial charge in [0.2, 0.25) is 0 Å². The molecule has 1 aromatic carbocycles. The number of benzene rings is 1. The fraction of sp³-hybridized carbons (Fsp3) is 0.714. The topological polar surface area (TPSA) is 46.2 Å². The zero-order valence-electron chi connectivity index (χ0n) is 14.7. The van der Waals surface area contributed by atoms with Crippen LogP contribution < -0.4 is 5.73 Å². The van der Waals surface area contributed by atoms with Crippen LogP contribution in [0.4, 0.5) is 0 Å². The minimum Gasteiger partial charge on any atom is -0.394 e. The maximum atomic E-state index is 9.48. The second kappa shape index (κ2) is 7.36. The third kappa shape index (κ3) is 3.97. The van der Waals surface area contributed by atoms with Gasteiger partial charge in [0.1, 0.15) is 0 Å². The smallest absolute Gasteiger partial charge is 0.0611 e. The van der Waals surface area contributed by atoms with Gasteiger partial charge in [-0.2, -0.15) is 0 Å². The SMILES string of the molecule is CCCCCCC1Cc2ccc([C@H]3CC[C@](N)(CO)C3)cc2C1. The van der Waals surface area contributed by atoms with Gasteiger partial charge in [-0.1, -0.05) is 50.8 Å². The Morgan fingerprint density at radius 1 is 1.17 bits per heavy atom. The molecule has 1 fully saturated rings. The molecule has 0 amide bonds. The van der Waals surface area contributed by atoms with Gasteiger partial charge in [0.05, 0.1) is 6.61 Å². The lowest BCUT2D eigenvalue weighted by Gasteiger charge is -2.21. The summed E-state index contributed by atoms with van der Waals surface area (Å²) in [5.41, 5.74) is 10.5. The van der Waals surface area contributed by atoms with E-state index in [1.807, 2.05) is 0 Å². The highest BCUT2D eigenvalue weighted by atomic mass is 16.3. The monoisotopic (exact) mass is 315 g/mol. The zero-order valence-corrected chi connectivity index (χ0v) is 14.7. The van der Waals surface area contributed by atoms with Gasteiger partial charge >= 0.3 is 0 Å². The molecule has 2 nitrogen and oxygen atoms in total. The molecule has 0 radical (unpaired) electrons. The Kier molecular flexibility index (Phi) is 5.43. The van der Waals surface area contributed by atoms with E-state index in [9.17, 15) is 5.11 Å². The molecule has 3 N–H and O–H groups in total. The Morgan fingerprint density at radius 2 is 2.00 bits per heavy atom. The van der Waals surface area contributed by atoms with Crippen LogP contribution in [0, 0.1) is 5.92 Å². The molecule has 1 unspecified atom stereocenters. The van der Waals surface area contributed by atoms with Crippen molar-refractivity contribution in [3.63, 3.8) is 0 Å². The molecule has 0 spiro atoms. The number of hydrogen-bond donors (Lipinski definition) is 2. The highest BCUT2D eigenvalue weighted by Gasteiger charge is 2.36. The predicted molar refractivity (Wildman–Crippen MR) is 96.7 cm³/mol. The Bertz CT molecular complexity index is 527. The van der Waals surface area contributed by atoms with Crippen LogP contribution in [-0.4, -0.2) is 17.3 Å². The first-order valence-electron chi connectivity index (χ1n) is 9.65. The number of rotatable bonds is 7. The molecule has 2 aliphatic carbocycles. The van der Waals surface area contributed by atoms with Crippen LogP contribution in [-0.2, 0) is 12.8 Å². The van der Waals surface area contributed by atoms with Gasteiger partial charge < -0.3 is 10.8 Å². The number of aliphatic hydroxyl groups is 1. The molecule has 1 aromatic rings. The van der Waals surface area contributed by atoms with Crippen molar-refractivity contribution in [2.24, 2.45) is 11.7 Å². The van der Waals surface area contributed by atoms with Crippen LogP contribution in [0.2, 0.25) is 0 Å². The minimum atomic E-state index is -0.342.